The van der Waals surface area contributed by atoms with Crippen molar-refractivity contribution < 1.29 is 15.0 Å². The molecule has 0 aromatic heterocycles. The molecule has 2 aromatic rings. The lowest BCUT2D eigenvalue weighted by Crippen LogP contribution is -2.28. The van der Waals surface area contributed by atoms with Gasteiger partial charge in [0.25, 0.3) is 0 Å². The van der Waals surface area contributed by atoms with Gasteiger partial charge in [-0.3, -0.25) is 0 Å². The Morgan fingerprint density at radius 2 is 1.29 bits per heavy atom. The number of carbonyl (C=O) groups excluding carboxylic acids is 1. The SMILES string of the molecule is C=CCc1cccc(/C=N\NC(=O)N/N=C\c2cccc(CC=C)c2O)c1O. The van der Waals surface area contributed by atoms with Gasteiger partial charge in [-0.05, 0) is 36.1 Å². The maximum atomic E-state index is 11.7. The van der Waals surface area contributed by atoms with Gasteiger partial charge in [0.2, 0.25) is 0 Å². The lowest BCUT2D eigenvalue weighted by Gasteiger charge is -2.05. The highest BCUT2D eigenvalue weighted by Crippen LogP contribution is 2.22. The number of rotatable bonds is 8. The van der Waals surface area contributed by atoms with Crippen molar-refractivity contribution in [3.05, 3.63) is 84.0 Å². The zero-order chi connectivity index (χ0) is 20.4. The number of aromatic hydroxyl groups is 2. The van der Waals surface area contributed by atoms with E-state index < -0.39 is 6.03 Å². The number of hydrogen-bond donors (Lipinski definition) is 4. The molecule has 0 bridgehead atoms. The summed E-state index contributed by atoms with van der Waals surface area (Å²) in [6, 6.07) is 9.78. The molecule has 0 saturated carbocycles. The Labute approximate surface area is 163 Å². The first kappa shape index (κ1) is 20.4. The molecular formula is C21H22N4O3. The number of urea groups is 1. The Kier molecular flexibility index (Phi) is 7.53. The number of benzene rings is 2. The van der Waals surface area contributed by atoms with Crippen LogP contribution in [0, 0.1) is 0 Å². The molecule has 0 radical (unpaired) electrons. The van der Waals surface area contributed by atoms with E-state index in [1.165, 1.54) is 12.4 Å². The van der Waals surface area contributed by atoms with Crippen molar-refractivity contribution in [1.82, 2.24) is 10.9 Å². The van der Waals surface area contributed by atoms with E-state index in [1.54, 1.807) is 48.6 Å². The topological polar surface area (TPSA) is 106 Å². The highest BCUT2D eigenvalue weighted by atomic mass is 16.3. The number of nitrogens with one attached hydrogen (secondary N) is 2. The van der Waals surface area contributed by atoms with E-state index in [1.807, 2.05) is 0 Å². The molecule has 0 aliphatic rings. The van der Waals surface area contributed by atoms with Crippen LogP contribution in [0.3, 0.4) is 0 Å². The van der Waals surface area contributed by atoms with Gasteiger partial charge < -0.3 is 10.2 Å². The van der Waals surface area contributed by atoms with Crippen LogP contribution in [0.4, 0.5) is 4.79 Å². The number of phenols is 2. The fraction of sp³-hybridized carbons (Fsp3) is 0.0952. The lowest BCUT2D eigenvalue weighted by atomic mass is 10.1. The summed E-state index contributed by atoms with van der Waals surface area (Å²) in [5.41, 5.74) is 6.84. The maximum absolute atomic E-state index is 11.7. The van der Waals surface area contributed by atoms with Crippen molar-refractivity contribution in [2.24, 2.45) is 10.2 Å². The minimum Gasteiger partial charge on any atom is -0.507 e. The highest BCUT2D eigenvalue weighted by Gasteiger charge is 2.05. The van der Waals surface area contributed by atoms with Crippen LogP contribution in [0.1, 0.15) is 22.3 Å². The van der Waals surface area contributed by atoms with Crippen LogP contribution in [-0.2, 0) is 12.8 Å². The molecule has 4 N–H and O–H groups in total. The third-order valence-electron chi connectivity index (χ3n) is 3.77. The Bertz CT molecular complexity index is 846. The Balaban J connectivity index is 1.93. The van der Waals surface area contributed by atoms with Gasteiger partial charge in [0.05, 0.1) is 12.4 Å². The second-order valence-corrected chi connectivity index (χ2v) is 5.76. The summed E-state index contributed by atoms with van der Waals surface area (Å²) in [6.07, 6.45) is 7.08. The summed E-state index contributed by atoms with van der Waals surface area (Å²) in [6.45, 7) is 7.28. The van der Waals surface area contributed by atoms with Gasteiger partial charge in [0, 0.05) is 11.1 Å². The zero-order valence-electron chi connectivity index (χ0n) is 15.3. The van der Waals surface area contributed by atoms with E-state index in [9.17, 15) is 15.0 Å². The summed E-state index contributed by atoms with van der Waals surface area (Å²) in [5.74, 6) is 0.169. The number of phenolic OH excluding ortho intramolecular Hbond substituents is 2. The molecule has 0 spiro atoms. The predicted octanol–water partition coefficient (Wildman–Crippen LogP) is 3.22. The van der Waals surface area contributed by atoms with Crippen molar-refractivity contribution in [2.45, 2.75) is 12.8 Å². The fourth-order valence-electron chi connectivity index (χ4n) is 2.42. The molecule has 7 nitrogen and oxygen atoms in total. The number of amides is 2. The van der Waals surface area contributed by atoms with Gasteiger partial charge in [-0.2, -0.15) is 10.2 Å². The molecular weight excluding hydrogens is 356 g/mol. The third kappa shape index (κ3) is 5.57. The van der Waals surface area contributed by atoms with Crippen LogP contribution in [0.15, 0.2) is 71.9 Å². The lowest BCUT2D eigenvalue weighted by molar-refractivity contribution is 0.242. The first-order valence-corrected chi connectivity index (χ1v) is 8.52. The van der Waals surface area contributed by atoms with Crippen LogP contribution in [-0.4, -0.2) is 28.7 Å². The van der Waals surface area contributed by atoms with Crippen LogP contribution >= 0.6 is 0 Å². The van der Waals surface area contributed by atoms with Crippen molar-refractivity contribution in [2.75, 3.05) is 0 Å². The molecule has 0 saturated heterocycles. The second-order valence-electron chi connectivity index (χ2n) is 5.76. The van der Waals surface area contributed by atoms with Gasteiger partial charge in [0.15, 0.2) is 0 Å². The predicted molar refractivity (Wildman–Crippen MR) is 111 cm³/mol. The summed E-state index contributed by atoms with van der Waals surface area (Å²) in [4.78, 5) is 11.7. The van der Waals surface area contributed by atoms with Crippen LogP contribution in [0.25, 0.3) is 0 Å². The largest absolute Gasteiger partial charge is 0.507 e. The van der Waals surface area contributed by atoms with Crippen molar-refractivity contribution in [1.29, 1.82) is 0 Å². The second kappa shape index (κ2) is 10.3. The van der Waals surface area contributed by atoms with Crippen LogP contribution < -0.4 is 10.9 Å². The van der Waals surface area contributed by atoms with Crippen molar-refractivity contribution in [3.8, 4) is 11.5 Å². The van der Waals surface area contributed by atoms with E-state index in [-0.39, 0.29) is 11.5 Å². The minimum atomic E-state index is -0.670. The molecule has 0 unspecified atom stereocenters. The molecule has 2 amide bonds. The zero-order valence-corrected chi connectivity index (χ0v) is 15.3. The Hall–Kier alpha value is -3.87. The summed E-state index contributed by atoms with van der Waals surface area (Å²) < 4.78 is 0. The van der Waals surface area contributed by atoms with E-state index >= 15 is 0 Å². The fourth-order valence-corrected chi connectivity index (χ4v) is 2.42. The van der Waals surface area contributed by atoms with Gasteiger partial charge >= 0.3 is 6.03 Å². The first-order chi connectivity index (χ1) is 13.6. The Morgan fingerprint density at radius 1 is 0.857 bits per heavy atom. The van der Waals surface area contributed by atoms with Crippen molar-refractivity contribution >= 4 is 18.5 Å². The van der Waals surface area contributed by atoms with Gasteiger partial charge in [-0.1, -0.05) is 36.4 Å². The first-order valence-electron chi connectivity index (χ1n) is 8.52. The number of hydrogen-bond acceptors (Lipinski definition) is 5. The standard InChI is InChI=1S/C21H22N4O3/c1-3-7-15-9-5-11-17(19(15)26)13-22-24-21(28)25-23-14-18-12-6-10-16(8-4-2)20(18)27/h3-6,9-14,26-27H,1-2,7-8H2,(H2,24,25,28)/b22-13-,23-14-. The van der Waals surface area contributed by atoms with E-state index in [4.69, 9.17) is 0 Å². The number of nitrogens with zero attached hydrogens (tertiary/aromatic N) is 2. The molecule has 0 fully saturated rings. The average molecular weight is 378 g/mol. The van der Waals surface area contributed by atoms with Crippen molar-refractivity contribution in [3.63, 3.8) is 0 Å². The summed E-state index contributed by atoms with van der Waals surface area (Å²) in [5, 5.41) is 27.8. The quantitative estimate of drug-likeness (QED) is 0.322. The smallest absolute Gasteiger partial charge is 0.355 e. The number of allylic oxidation sites excluding steroid dienone is 2. The highest BCUT2D eigenvalue weighted by molar-refractivity contribution is 5.87. The molecule has 0 aliphatic heterocycles. The Morgan fingerprint density at radius 3 is 1.68 bits per heavy atom. The van der Waals surface area contributed by atoms with E-state index in [2.05, 4.69) is 34.2 Å². The minimum absolute atomic E-state index is 0.0845. The molecule has 2 aromatic carbocycles. The number of para-hydroxylation sites is 2. The van der Waals surface area contributed by atoms with Crippen LogP contribution in [0.2, 0.25) is 0 Å². The van der Waals surface area contributed by atoms with E-state index in [0.29, 0.717) is 35.1 Å². The summed E-state index contributed by atoms with van der Waals surface area (Å²) in [7, 11) is 0. The molecule has 144 valence electrons. The molecule has 0 aliphatic carbocycles. The number of carbonyl (C=O) groups is 1. The normalized spacial score (nSPS) is 10.9. The molecule has 0 atom stereocenters. The maximum Gasteiger partial charge on any atom is 0.355 e. The molecule has 7 heteroatoms. The van der Waals surface area contributed by atoms with Gasteiger partial charge in [-0.25, -0.2) is 15.6 Å². The van der Waals surface area contributed by atoms with Crippen LogP contribution in [0.5, 0.6) is 11.5 Å². The molecule has 28 heavy (non-hydrogen) atoms. The van der Waals surface area contributed by atoms with E-state index in [0.717, 1.165) is 0 Å². The van der Waals surface area contributed by atoms with Gasteiger partial charge in [0.1, 0.15) is 11.5 Å². The average Bonchev–Trinajstić information content (AvgIpc) is 2.68. The van der Waals surface area contributed by atoms with Gasteiger partial charge in [-0.15, -0.1) is 13.2 Å². The summed E-state index contributed by atoms with van der Waals surface area (Å²) >= 11 is 0. The third-order valence-corrected chi connectivity index (χ3v) is 3.77. The molecule has 0 heterocycles. The molecule has 2 rings (SSSR count). The monoisotopic (exact) mass is 378 g/mol. The number of hydrazone groups is 2.